The summed E-state index contributed by atoms with van der Waals surface area (Å²) < 4.78 is 12.3. The molecule has 0 unspecified atom stereocenters. The molecule has 4 aromatic rings. The number of rotatable bonds is 10. The molecular formula is C29H34ClN7O4. The topological polar surface area (TPSA) is 133 Å². The molecule has 0 saturated heterocycles. The lowest BCUT2D eigenvalue weighted by molar-refractivity contribution is 0.0502. The predicted molar refractivity (Wildman–Crippen MR) is 159 cm³/mol. The van der Waals surface area contributed by atoms with Crippen molar-refractivity contribution >= 4 is 34.7 Å². The normalized spacial score (nSPS) is 11.5. The Morgan fingerprint density at radius 3 is 2.54 bits per heavy atom. The van der Waals surface area contributed by atoms with E-state index in [0.717, 1.165) is 11.3 Å². The van der Waals surface area contributed by atoms with E-state index in [1.807, 2.05) is 26.0 Å². The van der Waals surface area contributed by atoms with Crippen molar-refractivity contribution in [3.63, 3.8) is 0 Å². The second-order valence-corrected chi connectivity index (χ2v) is 10.7. The van der Waals surface area contributed by atoms with E-state index >= 15 is 0 Å². The average molecular weight is 580 g/mol. The van der Waals surface area contributed by atoms with Gasteiger partial charge in [0.15, 0.2) is 0 Å². The molecule has 0 saturated carbocycles. The Kier molecular flexibility index (Phi) is 9.51. The van der Waals surface area contributed by atoms with E-state index in [4.69, 9.17) is 21.1 Å². The van der Waals surface area contributed by atoms with Gasteiger partial charge in [-0.25, -0.2) is 14.8 Å². The molecule has 216 valence electrons. The molecule has 2 N–H and O–H groups in total. The number of alkyl carbamates (subject to hydrolysis) is 1. The largest absolute Gasteiger partial charge is 0.444 e. The number of anilines is 1. The van der Waals surface area contributed by atoms with E-state index in [0.29, 0.717) is 71.7 Å². The molecule has 0 aliphatic heterocycles. The summed E-state index contributed by atoms with van der Waals surface area (Å²) in [5, 5.41) is 6.90. The van der Waals surface area contributed by atoms with Crippen LogP contribution in [0.2, 0.25) is 5.02 Å². The third kappa shape index (κ3) is 7.77. The van der Waals surface area contributed by atoms with Gasteiger partial charge in [0.1, 0.15) is 11.2 Å². The van der Waals surface area contributed by atoms with Crippen LogP contribution in [0, 0.1) is 6.92 Å². The molecule has 0 spiro atoms. The Bertz CT molecular complexity index is 1600. The summed E-state index contributed by atoms with van der Waals surface area (Å²) in [5.74, 6) is 0.379. The van der Waals surface area contributed by atoms with Crippen LogP contribution in [0.4, 0.5) is 10.7 Å². The van der Waals surface area contributed by atoms with Gasteiger partial charge in [0.25, 0.3) is 5.56 Å². The number of carbonyl (C=O) groups is 1. The summed E-state index contributed by atoms with van der Waals surface area (Å²) in [7, 11) is 0. The lowest BCUT2D eigenvalue weighted by atomic mass is 10.0. The summed E-state index contributed by atoms with van der Waals surface area (Å²) in [5.41, 5.74) is 3.18. The Morgan fingerprint density at radius 2 is 1.83 bits per heavy atom. The molecule has 0 fully saturated rings. The van der Waals surface area contributed by atoms with E-state index in [1.165, 1.54) is 0 Å². The third-order valence-corrected chi connectivity index (χ3v) is 6.21. The highest BCUT2D eigenvalue weighted by Crippen LogP contribution is 2.31. The number of amides is 1. The molecule has 0 aliphatic rings. The van der Waals surface area contributed by atoms with Gasteiger partial charge in [-0.15, -0.1) is 0 Å². The molecule has 0 bridgehead atoms. The number of pyridine rings is 1. The minimum atomic E-state index is -0.546. The highest BCUT2D eigenvalue weighted by molar-refractivity contribution is 6.33. The standard InChI is InChI=1S/C29H34ClN7O4/c1-6-37-25-20(16-34-27(36-25)32-9-11-40-12-10-33-28(39)41-29(3,4)5)13-22(26(37)38)21-8-7-19(14-23(21)30)24-17-31-15-18(2)35-24/h7-8,13-17H,6,9-12H2,1-5H3,(H,33,39)(H,32,34,36). The van der Waals surface area contributed by atoms with Crippen LogP contribution < -0.4 is 16.2 Å². The molecule has 0 radical (unpaired) electrons. The van der Waals surface area contributed by atoms with Gasteiger partial charge >= 0.3 is 6.09 Å². The maximum Gasteiger partial charge on any atom is 0.407 e. The summed E-state index contributed by atoms with van der Waals surface area (Å²) in [6.45, 7) is 11.1. The lowest BCUT2D eigenvalue weighted by Gasteiger charge is -2.19. The quantitative estimate of drug-likeness (QED) is 0.253. The molecule has 11 nitrogen and oxygen atoms in total. The maximum absolute atomic E-state index is 13.5. The van der Waals surface area contributed by atoms with E-state index in [2.05, 4.69) is 30.6 Å². The summed E-state index contributed by atoms with van der Waals surface area (Å²) in [4.78, 5) is 42.8. The number of hydrogen-bond donors (Lipinski definition) is 2. The number of benzene rings is 1. The van der Waals surface area contributed by atoms with E-state index in [-0.39, 0.29) is 5.56 Å². The number of hydrogen-bond acceptors (Lipinski definition) is 9. The monoisotopic (exact) mass is 579 g/mol. The highest BCUT2D eigenvalue weighted by atomic mass is 35.5. The first-order chi connectivity index (χ1) is 19.6. The molecule has 3 heterocycles. The number of halogens is 1. The van der Waals surface area contributed by atoms with Gasteiger partial charge in [-0.2, -0.15) is 4.98 Å². The second kappa shape index (κ2) is 13.0. The summed E-state index contributed by atoms with van der Waals surface area (Å²) in [6, 6.07) is 7.26. The highest BCUT2D eigenvalue weighted by Gasteiger charge is 2.17. The van der Waals surface area contributed by atoms with E-state index in [1.54, 1.807) is 56.1 Å². The fourth-order valence-corrected chi connectivity index (χ4v) is 4.38. The van der Waals surface area contributed by atoms with Crippen LogP contribution in [0.25, 0.3) is 33.4 Å². The smallest absolute Gasteiger partial charge is 0.407 e. The van der Waals surface area contributed by atoms with Crippen molar-refractivity contribution in [2.45, 2.75) is 46.8 Å². The number of aryl methyl sites for hydroxylation is 2. The van der Waals surface area contributed by atoms with Gasteiger partial charge in [0, 0.05) is 59.1 Å². The van der Waals surface area contributed by atoms with Crippen molar-refractivity contribution in [1.82, 2.24) is 29.8 Å². The molecule has 1 amide bonds. The Labute approximate surface area is 243 Å². The molecule has 3 aromatic heterocycles. The molecule has 4 rings (SSSR count). The fraction of sp³-hybridized carbons (Fsp3) is 0.379. The first-order valence-electron chi connectivity index (χ1n) is 13.3. The van der Waals surface area contributed by atoms with E-state index < -0.39 is 11.7 Å². The summed E-state index contributed by atoms with van der Waals surface area (Å²) >= 11 is 6.66. The summed E-state index contributed by atoms with van der Waals surface area (Å²) in [6.07, 6.45) is 4.56. The average Bonchev–Trinajstić information content (AvgIpc) is 2.91. The van der Waals surface area contributed by atoms with Crippen molar-refractivity contribution in [2.24, 2.45) is 0 Å². The number of aromatic nitrogens is 5. The number of carbonyl (C=O) groups excluding carboxylic acids is 1. The zero-order chi connectivity index (χ0) is 29.6. The number of nitrogens with zero attached hydrogens (tertiary/aromatic N) is 5. The Balaban J connectivity index is 1.43. The van der Waals surface area contributed by atoms with Crippen LogP contribution in [0.15, 0.2) is 47.7 Å². The first-order valence-corrected chi connectivity index (χ1v) is 13.7. The molecule has 0 atom stereocenters. The number of ether oxygens (including phenoxy) is 2. The van der Waals surface area contributed by atoms with Gasteiger partial charge in [0.2, 0.25) is 5.95 Å². The van der Waals surface area contributed by atoms with Gasteiger partial charge in [-0.1, -0.05) is 23.7 Å². The molecule has 1 aromatic carbocycles. The zero-order valence-electron chi connectivity index (χ0n) is 23.8. The maximum atomic E-state index is 13.5. The van der Waals surface area contributed by atoms with Gasteiger partial charge in [-0.3, -0.25) is 14.3 Å². The van der Waals surface area contributed by atoms with Crippen LogP contribution in [-0.4, -0.2) is 62.5 Å². The van der Waals surface area contributed by atoms with Gasteiger partial charge < -0.3 is 20.1 Å². The lowest BCUT2D eigenvalue weighted by Crippen LogP contribution is -2.34. The number of fused-ring (bicyclic) bond motifs is 1. The minimum Gasteiger partial charge on any atom is -0.444 e. The molecule has 41 heavy (non-hydrogen) atoms. The first kappa shape index (κ1) is 29.9. The fourth-order valence-electron chi connectivity index (χ4n) is 4.10. The van der Waals surface area contributed by atoms with Crippen LogP contribution in [0.5, 0.6) is 0 Å². The van der Waals surface area contributed by atoms with Crippen molar-refractivity contribution in [2.75, 3.05) is 31.6 Å². The van der Waals surface area contributed by atoms with E-state index in [9.17, 15) is 9.59 Å². The zero-order valence-corrected chi connectivity index (χ0v) is 24.6. The van der Waals surface area contributed by atoms with Crippen molar-refractivity contribution in [1.29, 1.82) is 0 Å². The van der Waals surface area contributed by atoms with Crippen molar-refractivity contribution < 1.29 is 14.3 Å². The van der Waals surface area contributed by atoms with Gasteiger partial charge in [0.05, 0.1) is 30.8 Å². The van der Waals surface area contributed by atoms with Crippen LogP contribution in [-0.2, 0) is 16.0 Å². The van der Waals surface area contributed by atoms with Crippen molar-refractivity contribution in [3.8, 4) is 22.4 Å². The molecule has 0 aliphatic carbocycles. The van der Waals surface area contributed by atoms with Gasteiger partial charge in [-0.05, 0) is 46.8 Å². The predicted octanol–water partition coefficient (Wildman–Crippen LogP) is 4.85. The third-order valence-electron chi connectivity index (χ3n) is 5.90. The van der Waals surface area contributed by atoms with Crippen molar-refractivity contribution in [3.05, 3.63) is 63.9 Å². The SMILES string of the molecule is CCn1c(=O)c(-c2ccc(-c3cncc(C)n3)cc2Cl)cc2cnc(NCCOCCNC(=O)OC(C)(C)C)nc21. The van der Waals surface area contributed by atoms with Crippen LogP contribution in [0.1, 0.15) is 33.4 Å². The minimum absolute atomic E-state index is 0.199. The Hall–Kier alpha value is -4.09. The second-order valence-electron chi connectivity index (χ2n) is 10.3. The Morgan fingerprint density at radius 1 is 1.05 bits per heavy atom. The van der Waals surface area contributed by atoms with Crippen LogP contribution >= 0.6 is 11.6 Å². The van der Waals surface area contributed by atoms with Crippen LogP contribution in [0.3, 0.4) is 0 Å². The molecular weight excluding hydrogens is 546 g/mol. The molecule has 12 heteroatoms. The number of nitrogens with one attached hydrogen (secondary N) is 2.